The van der Waals surface area contributed by atoms with Crippen molar-refractivity contribution in [3.8, 4) is 0 Å². The van der Waals surface area contributed by atoms with E-state index in [1.807, 2.05) is 6.92 Å². The Labute approximate surface area is 198 Å². The molecule has 34 heavy (non-hydrogen) atoms. The molecular weight excluding hydrogens is 467 g/mol. The van der Waals surface area contributed by atoms with Crippen LogP contribution in [0.15, 0.2) is 0 Å². The third-order valence-corrected chi connectivity index (χ3v) is 5.46. The predicted molar refractivity (Wildman–Crippen MR) is 116 cm³/mol. The first-order valence-electron chi connectivity index (χ1n) is 10.6. The Morgan fingerprint density at radius 2 is 1.47 bits per heavy atom. The zero-order chi connectivity index (χ0) is 24.6. The molecule has 6 nitrogen and oxygen atoms in total. The molecule has 0 aliphatic heterocycles. The van der Waals surface area contributed by atoms with Crippen molar-refractivity contribution in [2.24, 2.45) is 11.3 Å². The molecule has 202 valence electrons. The fourth-order valence-electron chi connectivity index (χ4n) is 3.06. The molecule has 0 N–H and O–H groups in total. The number of alkyl halides is 5. The molecule has 0 bridgehead atoms. The number of carbonyl (C=O) groups excluding carboxylic acids is 3. The topological polar surface area (TPSA) is 78.9 Å². The summed E-state index contributed by atoms with van der Waals surface area (Å²) in [4.78, 5) is 35.8. The summed E-state index contributed by atoms with van der Waals surface area (Å²) in [5.41, 5.74) is -0.579. The molecule has 11 heteroatoms. The van der Waals surface area contributed by atoms with E-state index in [9.17, 15) is 36.3 Å². The van der Waals surface area contributed by atoms with Gasteiger partial charge in [-0.1, -0.05) is 21.8 Å². The maximum atomic E-state index is 13.1. The first-order chi connectivity index (χ1) is 14.6. The lowest BCUT2D eigenvalue weighted by molar-refractivity contribution is -0.190. The fraction of sp³-hybridized carbons (Fsp3) is 0.870. The van der Waals surface area contributed by atoms with Crippen LogP contribution in [0.4, 0.5) is 22.0 Å². The van der Waals surface area contributed by atoms with Crippen molar-refractivity contribution in [2.45, 2.75) is 105 Å². The molecule has 1 fully saturated rings. The van der Waals surface area contributed by atoms with Crippen molar-refractivity contribution in [1.29, 1.82) is 0 Å². The molecule has 0 saturated heterocycles. The van der Waals surface area contributed by atoms with Crippen molar-refractivity contribution in [3.05, 3.63) is 0 Å². The fourth-order valence-corrected chi connectivity index (χ4v) is 3.06. The molecule has 0 amide bonds. The highest BCUT2D eigenvalue weighted by Crippen LogP contribution is 2.34. The minimum atomic E-state index is -4.98. The smallest absolute Gasteiger partial charge is 0.394 e. The number of esters is 3. The number of hydrogen-bond acceptors (Lipinski definition) is 6. The lowest BCUT2D eigenvalue weighted by Crippen LogP contribution is -2.34. The van der Waals surface area contributed by atoms with E-state index in [4.69, 9.17) is 9.47 Å². The van der Waals surface area contributed by atoms with E-state index in [0.717, 1.165) is 0 Å². The number of hydrogen-bond donors (Lipinski definition) is 0. The molecule has 0 aromatic carbocycles. The van der Waals surface area contributed by atoms with E-state index in [1.54, 1.807) is 13.8 Å². The zero-order valence-corrected chi connectivity index (χ0v) is 18.6. The Bertz CT molecular complexity index is 640. The summed E-state index contributed by atoms with van der Waals surface area (Å²) in [6.07, 6.45) is -6.57. The van der Waals surface area contributed by atoms with Crippen molar-refractivity contribution < 1.29 is 50.5 Å². The molecule has 0 unspecified atom stereocenters. The maximum absolute atomic E-state index is 13.1. The van der Waals surface area contributed by atoms with Gasteiger partial charge >= 0.3 is 24.1 Å². The number of rotatable bonds is 11. The highest BCUT2D eigenvalue weighted by atomic mass is 19.4. The van der Waals surface area contributed by atoms with Crippen molar-refractivity contribution in [3.63, 3.8) is 0 Å². The van der Waals surface area contributed by atoms with Gasteiger partial charge in [0.2, 0.25) is 0 Å². The first kappa shape index (κ1) is 34.2. The second kappa shape index (κ2) is 14.5. The van der Waals surface area contributed by atoms with Crippen LogP contribution in [-0.4, -0.2) is 49.3 Å². The second-order valence-corrected chi connectivity index (χ2v) is 8.70. The van der Waals surface area contributed by atoms with E-state index in [1.165, 1.54) is 0 Å². The SMILES string of the molecule is C.C.CCC(C)(C)C(=O)OC1CCC(C(=O)OCC(=O)OCCCC(F)(F)CC(F)(F)F)CC1. The molecule has 0 radical (unpaired) electrons. The van der Waals surface area contributed by atoms with Crippen molar-refractivity contribution in [2.75, 3.05) is 13.2 Å². The minimum Gasteiger partial charge on any atom is -0.463 e. The molecule has 0 aromatic heterocycles. The van der Waals surface area contributed by atoms with Gasteiger partial charge < -0.3 is 14.2 Å². The van der Waals surface area contributed by atoms with E-state index >= 15 is 0 Å². The number of halogens is 5. The van der Waals surface area contributed by atoms with Gasteiger partial charge in [0.25, 0.3) is 5.92 Å². The molecule has 0 aromatic rings. The predicted octanol–water partition coefficient (Wildman–Crippen LogP) is 6.25. The van der Waals surface area contributed by atoms with Gasteiger partial charge in [-0.2, -0.15) is 13.2 Å². The largest absolute Gasteiger partial charge is 0.463 e. The lowest BCUT2D eigenvalue weighted by atomic mass is 9.86. The summed E-state index contributed by atoms with van der Waals surface area (Å²) in [6, 6.07) is 0. The highest BCUT2D eigenvalue weighted by Gasteiger charge is 2.43. The van der Waals surface area contributed by atoms with Gasteiger partial charge in [-0.25, -0.2) is 13.6 Å². The molecule has 0 heterocycles. The molecule has 1 aliphatic carbocycles. The van der Waals surface area contributed by atoms with Crippen LogP contribution in [0, 0.1) is 11.3 Å². The average molecular weight is 507 g/mol. The third kappa shape index (κ3) is 13.1. The van der Waals surface area contributed by atoms with Crippen LogP contribution in [0.25, 0.3) is 0 Å². The van der Waals surface area contributed by atoms with Gasteiger partial charge in [-0.15, -0.1) is 0 Å². The van der Waals surface area contributed by atoms with Crippen LogP contribution in [-0.2, 0) is 28.6 Å². The minimum absolute atomic E-state index is 0. The van der Waals surface area contributed by atoms with Gasteiger partial charge in [0.15, 0.2) is 6.61 Å². The molecule has 0 atom stereocenters. The van der Waals surface area contributed by atoms with E-state index in [2.05, 4.69) is 4.74 Å². The normalized spacial score (nSPS) is 18.7. The van der Waals surface area contributed by atoms with Crippen LogP contribution in [0.1, 0.15) is 87.0 Å². The Balaban J connectivity index is 0. The number of carbonyl (C=O) groups is 3. The van der Waals surface area contributed by atoms with Crippen LogP contribution >= 0.6 is 0 Å². The molecule has 1 rings (SSSR count). The Hall–Kier alpha value is -1.94. The van der Waals surface area contributed by atoms with Gasteiger partial charge in [-0.05, 0) is 52.4 Å². The summed E-state index contributed by atoms with van der Waals surface area (Å²) in [5.74, 6) is -6.27. The van der Waals surface area contributed by atoms with Crippen LogP contribution in [0.2, 0.25) is 0 Å². The zero-order valence-electron chi connectivity index (χ0n) is 18.6. The number of ether oxygens (including phenoxy) is 3. The summed E-state index contributed by atoms with van der Waals surface area (Å²) in [7, 11) is 0. The maximum Gasteiger partial charge on any atom is 0.394 e. The summed E-state index contributed by atoms with van der Waals surface area (Å²) in [6.45, 7) is 4.27. The monoisotopic (exact) mass is 506 g/mol. The van der Waals surface area contributed by atoms with Crippen molar-refractivity contribution in [1.82, 2.24) is 0 Å². The van der Waals surface area contributed by atoms with Crippen molar-refractivity contribution >= 4 is 17.9 Å². The molecule has 0 spiro atoms. The molecule has 1 saturated carbocycles. The van der Waals surface area contributed by atoms with Gasteiger partial charge in [-0.3, -0.25) is 9.59 Å². The standard InChI is InChI=1S/C21H31F5O6.2CH4/c1-4-19(2,3)18(29)32-15-8-6-14(7-9-15)17(28)31-12-16(27)30-11-5-10-20(22,23)13-21(24,25)26;;/h14-15H,4-13H2,1-3H3;2*1H4. The summed E-state index contributed by atoms with van der Waals surface area (Å²) >= 11 is 0. The van der Waals surface area contributed by atoms with Gasteiger partial charge in [0.05, 0.1) is 17.9 Å². The molecule has 1 aliphatic rings. The van der Waals surface area contributed by atoms with E-state index in [-0.39, 0.29) is 26.9 Å². The Kier molecular flexibility index (Phi) is 14.6. The van der Waals surface area contributed by atoms with Crippen LogP contribution in [0.5, 0.6) is 0 Å². The van der Waals surface area contributed by atoms with Gasteiger partial charge in [0.1, 0.15) is 12.5 Å². The van der Waals surface area contributed by atoms with E-state index < -0.39 is 67.8 Å². The average Bonchev–Trinajstić information content (AvgIpc) is 2.68. The third-order valence-electron chi connectivity index (χ3n) is 5.46. The molecular formula is C23H39F5O6. The quantitative estimate of drug-likeness (QED) is 0.143. The lowest BCUT2D eigenvalue weighted by Gasteiger charge is -2.30. The van der Waals surface area contributed by atoms with Gasteiger partial charge in [0, 0.05) is 6.42 Å². The highest BCUT2D eigenvalue weighted by molar-refractivity contribution is 5.78. The van der Waals surface area contributed by atoms with Crippen LogP contribution < -0.4 is 0 Å². The Morgan fingerprint density at radius 3 is 1.97 bits per heavy atom. The van der Waals surface area contributed by atoms with E-state index in [0.29, 0.717) is 32.1 Å². The Morgan fingerprint density at radius 1 is 0.912 bits per heavy atom. The summed E-state index contributed by atoms with van der Waals surface area (Å²) in [5, 5.41) is 0. The summed E-state index contributed by atoms with van der Waals surface area (Å²) < 4.78 is 77.3. The second-order valence-electron chi connectivity index (χ2n) is 8.70. The van der Waals surface area contributed by atoms with Crippen LogP contribution in [0.3, 0.4) is 0 Å². The first-order valence-corrected chi connectivity index (χ1v) is 10.6.